The van der Waals surface area contributed by atoms with Gasteiger partial charge in [0.1, 0.15) is 85.4 Å². The highest BCUT2D eigenvalue weighted by Gasteiger charge is 2.54. The zero-order valence-corrected chi connectivity index (χ0v) is 25.1. The van der Waals surface area contributed by atoms with Crippen LogP contribution in [0.3, 0.4) is 0 Å². The van der Waals surface area contributed by atoms with Crippen LogP contribution >= 0.6 is 0 Å². The fourth-order valence-electron chi connectivity index (χ4n) is 5.72. The molecule has 4 fully saturated rings. The van der Waals surface area contributed by atoms with Crippen molar-refractivity contribution in [1.82, 2.24) is 5.32 Å². The molecule has 4 unspecified atom stereocenters. The molecule has 0 aromatic heterocycles. The number of aliphatic hydroxyl groups excluding tert-OH is 11. The van der Waals surface area contributed by atoms with Gasteiger partial charge in [-0.2, -0.15) is 0 Å². The molecule has 20 nitrogen and oxygen atoms in total. The lowest BCUT2D eigenvalue weighted by molar-refractivity contribution is -0.376. The number of nitrogens with one attached hydrogen (secondary N) is 1. The van der Waals surface area contributed by atoms with Gasteiger partial charge in [-0.25, -0.2) is 0 Å². The zero-order valence-electron chi connectivity index (χ0n) is 25.1. The molecule has 20 atom stereocenters. The number of carbonyl (C=O) groups is 1. The minimum atomic E-state index is -1.96. The molecule has 0 aromatic rings. The number of rotatable bonds is 9. The average molecular weight is 676 g/mol. The Hall–Kier alpha value is -1.25. The van der Waals surface area contributed by atoms with Gasteiger partial charge in [-0.15, -0.1) is 0 Å². The Morgan fingerprint density at radius 2 is 1.15 bits per heavy atom. The van der Waals surface area contributed by atoms with Crippen molar-refractivity contribution in [2.75, 3.05) is 13.2 Å². The number of aliphatic hydroxyl groups is 11. The summed E-state index contributed by atoms with van der Waals surface area (Å²) >= 11 is 0. The molecular weight excluding hydrogens is 630 g/mol. The molecule has 20 heteroatoms. The van der Waals surface area contributed by atoms with Gasteiger partial charge in [0, 0.05) is 6.92 Å². The van der Waals surface area contributed by atoms with E-state index in [0.717, 1.165) is 6.92 Å². The first-order valence-electron chi connectivity index (χ1n) is 14.8. The Balaban J connectivity index is 1.47. The van der Waals surface area contributed by atoms with Crippen LogP contribution in [0.5, 0.6) is 0 Å². The molecule has 4 aliphatic rings. The van der Waals surface area contributed by atoms with Crippen molar-refractivity contribution >= 4 is 5.91 Å². The lowest BCUT2D eigenvalue weighted by atomic mass is 9.95. The Kier molecular flexibility index (Phi) is 12.7. The standard InChI is InChI=1S/C26H45NO19/c1-6-13(31)17(35)22(23(39)41-6)46-26-20(38)18(36)21(9(4-28)43-26)45-24-11(27-8(3)29)15(33)14(32)10(44-24)5-40-25-19(37)16(34)12(30)7(2)42-25/h6-7,9-26,28,30-39H,4-5H2,1-3H3,(H,27,29)/t6-,7-,9+,10+,11-,12-,13-,14+,15+,16+,17+,18+,19+,20+,21+,22+,23?,24?,25?,26?/m0/s1. The normalized spacial score (nSPS) is 51.9. The molecule has 46 heavy (non-hydrogen) atoms. The van der Waals surface area contributed by atoms with E-state index in [1.54, 1.807) is 0 Å². The summed E-state index contributed by atoms with van der Waals surface area (Å²) in [5, 5.41) is 117. The summed E-state index contributed by atoms with van der Waals surface area (Å²) in [6.07, 6.45) is -30.2. The molecule has 0 bridgehead atoms. The highest BCUT2D eigenvalue weighted by atomic mass is 16.8. The SMILES string of the molecule is CC(=O)N[C@@H]1C(O[C@H]2[C@H](O)[C@@H](O)C(O[C@H]3C(O)O[C@@H](C)[C@H](O)[C@H]3O)O[C@@H]2CO)O[C@H](COC2O[C@@H](C)[C@H](O)[C@@H](O)[C@H]2O)[C@@H](O)[C@@H]1O. The van der Waals surface area contributed by atoms with Crippen molar-refractivity contribution < 1.29 is 94.1 Å². The number of hydrogen-bond acceptors (Lipinski definition) is 19. The van der Waals surface area contributed by atoms with E-state index in [-0.39, 0.29) is 0 Å². The largest absolute Gasteiger partial charge is 0.394 e. The smallest absolute Gasteiger partial charge is 0.217 e. The summed E-state index contributed by atoms with van der Waals surface area (Å²) in [7, 11) is 0. The first-order valence-corrected chi connectivity index (χ1v) is 14.8. The highest BCUT2D eigenvalue weighted by Crippen LogP contribution is 2.32. The molecule has 4 heterocycles. The zero-order chi connectivity index (χ0) is 34.2. The Bertz CT molecular complexity index is 995. The van der Waals surface area contributed by atoms with Gasteiger partial charge in [0.25, 0.3) is 0 Å². The van der Waals surface area contributed by atoms with Crippen molar-refractivity contribution in [2.45, 2.75) is 144 Å². The van der Waals surface area contributed by atoms with Crippen LogP contribution in [0.2, 0.25) is 0 Å². The third-order valence-electron chi connectivity index (χ3n) is 8.51. The van der Waals surface area contributed by atoms with Crippen molar-refractivity contribution in [3.8, 4) is 0 Å². The van der Waals surface area contributed by atoms with E-state index in [0.29, 0.717) is 0 Å². The monoisotopic (exact) mass is 675 g/mol. The summed E-state index contributed by atoms with van der Waals surface area (Å²) in [5.74, 6) is -0.681. The van der Waals surface area contributed by atoms with Gasteiger partial charge in [-0.1, -0.05) is 0 Å². The molecule has 0 saturated carbocycles. The van der Waals surface area contributed by atoms with Crippen LogP contribution in [-0.4, -0.2) is 198 Å². The molecule has 4 rings (SSSR count). The molecule has 268 valence electrons. The average Bonchev–Trinajstić information content (AvgIpc) is 3.01. The summed E-state index contributed by atoms with van der Waals surface area (Å²) in [6.45, 7) is 2.46. The summed E-state index contributed by atoms with van der Waals surface area (Å²) in [4.78, 5) is 11.9. The Morgan fingerprint density at radius 3 is 1.78 bits per heavy atom. The minimum Gasteiger partial charge on any atom is -0.394 e. The quantitative estimate of drug-likeness (QED) is 0.108. The van der Waals surface area contributed by atoms with E-state index in [4.69, 9.17) is 33.2 Å². The van der Waals surface area contributed by atoms with Crippen LogP contribution in [0.4, 0.5) is 0 Å². The second-order valence-corrected chi connectivity index (χ2v) is 11.9. The maximum absolute atomic E-state index is 11.9. The molecule has 1 amide bonds. The highest BCUT2D eigenvalue weighted by molar-refractivity contribution is 5.73. The van der Waals surface area contributed by atoms with E-state index in [1.807, 2.05) is 0 Å². The van der Waals surface area contributed by atoms with E-state index in [1.165, 1.54) is 13.8 Å². The molecule has 4 saturated heterocycles. The van der Waals surface area contributed by atoms with Gasteiger partial charge < -0.3 is 94.6 Å². The lowest BCUT2D eigenvalue weighted by Crippen LogP contribution is -2.68. The lowest BCUT2D eigenvalue weighted by Gasteiger charge is -2.48. The fraction of sp³-hybridized carbons (Fsp3) is 0.962. The second-order valence-electron chi connectivity index (χ2n) is 11.9. The van der Waals surface area contributed by atoms with Crippen molar-refractivity contribution in [1.29, 1.82) is 0 Å². The molecule has 0 aromatic carbocycles. The summed E-state index contributed by atoms with van der Waals surface area (Å²) in [6, 6.07) is -1.48. The van der Waals surface area contributed by atoms with Crippen LogP contribution in [-0.2, 0) is 38.0 Å². The van der Waals surface area contributed by atoms with Gasteiger partial charge in [0.05, 0.1) is 25.4 Å². The Morgan fingerprint density at radius 1 is 0.609 bits per heavy atom. The van der Waals surface area contributed by atoms with E-state index in [9.17, 15) is 61.0 Å². The van der Waals surface area contributed by atoms with Gasteiger partial charge in [0.15, 0.2) is 25.2 Å². The van der Waals surface area contributed by atoms with Gasteiger partial charge in [-0.05, 0) is 13.8 Å². The topological polar surface area (TPSA) is 316 Å². The molecule has 0 radical (unpaired) electrons. The summed E-state index contributed by atoms with van der Waals surface area (Å²) < 4.78 is 38.5. The van der Waals surface area contributed by atoms with Gasteiger partial charge in [0.2, 0.25) is 5.91 Å². The maximum atomic E-state index is 11.9. The molecule has 0 aliphatic carbocycles. The van der Waals surface area contributed by atoms with Gasteiger partial charge in [-0.3, -0.25) is 4.79 Å². The third-order valence-corrected chi connectivity index (χ3v) is 8.51. The van der Waals surface area contributed by atoms with Crippen LogP contribution < -0.4 is 5.32 Å². The second kappa shape index (κ2) is 15.5. The van der Waals surface area contributed by atoms with Crippen LogP contribution in [0.15, 0.2) is 0 Å². The minimum absolute atomic E-state index is 0.591. The van der Waals surface area contributed by atoms with Crippen molar-refractivity contribution in [2.24, 2.45) is 0 Å². The summed E-state index contributed by atoms with van der Waals surface area (Å²) in [5.41, 5.74) is 0. The van der Waals surface area contributed by atoms with Gasteiger partial charge >= 0.3 is 0 Å². The van der Waals surface area contributed by atoms with Crippen molar-refractivity contribution in [3.05, 3.63) is 0 Å². The predicted octanol–water partition coefficient (Wildman–Crippen LogP) is -7.55. The number of carbonyl (C=O) groups excluding carboxylic acids is 1. The third kappa shape index (κ3) is 7.80. The molecular formula is C26H45NO19. The van der Waals surface area contributed by atoms with E-state index >= 15 is 0 Å². The number of hydrogen-bond donors (Lipinski definition) is 12. The number of amides is 1. The van der Waals surface area contributed by atoms with E-state index in [2.05, 4.69) is 5.32 Å². The predicted molar refractivity (Wildman–Crippen MR) is 143 cm³/mol. The first kappa shape index (κ1) is 37.6. The fourth-order valence-corrected chi connectivity index (χ4v) is 5.72. The van der Waals surface area contributed by atoms with Crippen LogP contribution in [0.1, 0.15) is 20.8 Å². The molecule has 0 spiro atoms. The molecule has 4 aliphatic heterocycles. The maximum Gasteiger partial charge on any atom is 0.217 e. The van der Waals surface area contributed by atoms with Crippen LogP contribution in [0.25, 0.3) is 0 Å². The van der Waals surface area contributed by atoms with Crippen LogP contribution in [0, 0.1) is 0 Å². The van der Waals surface area contributed by atoms with Crippen molar-refractivity contribution in [3.63, 3.8) is 0 Å². The number of ether oxygens (including phenoxy) is 7. The Labute approximate surface area is 262 Å². The van der Waals surface area contributed by atoms with E-state index < -0.39 is 142 Å². The molecule has 12 N–H and O–H groups in total. The first-order chi connectivity index (χ1) is 21.6.